The zero-order chi connectivity index (χ0) is 12.8. The third-order valence-electron chi connectivity index (χ3n) is 3.85. The van der Waals surface area contributed by atoms with E-state index in [1.165, 1.54) is 32.1 Å². The Morgan fingerprint density at radius 2 is 2.17 bits per heavy atom. The molecule has 1 aromatic rings. The van der Waals surface area contributed by atoms with Crippen LogP contribution in [0, 0.1) is 0 Å². The molecule has 4 nitrogen and oxygen atoms in total. The minimum absolute atomic E-state index is 0.736. The van der Waals surface area contributed by atoms with Crippen LogP contribution in [-0.2, 0) is 6.54 Å². The monoisotopic (exact) mass is 248 g/mol. The largest absolute Gasteiger partial charge is 0.324 e. The van der Waals surface area contributed by atoms with Gasteiger partial charge in [-0.05, 0) is 31.5 Å². The summed E-state index contributed by atoms with van der Waals surface area (Å²) in [6.07, 6.45) is 8.64. The summed E-state index contributed by atoms with van der Waals surface area (Å²) in [6.45, 7) is 4.25. The molecule has 2 rings (SSSR count). The fraction of sp³-hybridized carbons (Fsp3) is 0.643. The number of aromatic nitrogens is 1. The van der Waals surface area contributed by atoms with E-state index in [1.807, 2.05) is 18.3 Å². The summed E-state index contributed by atoms with van der Waals surface area (Å²) >= 11 is 0. The Labute approximate surface area is 110 Å². The highest BCUT2D eigenvalue weighted by molar-refractivity contribution is 5.41. The normalized spacial score (nSPS) is 17.1. The minimum Gasteiger partial charge on any atom is -0.324 e. The van der Waals surface area contributed by atoms with Crippen molar-refractivity contribution in [2.45, 2.75) is 51.6 Å². The van der Waals surface area contributed by atoms with Crippen molar-refractivity contribution in [1.29, 1.82) is 0 Å². The highest BCUT2D eigenvalue weighted by Gasteiger charge is 2.20. The smallest absolute Gasteiger partial charge is 0.0565 e. The van der Waals surface area contributed by atoms with Gasteiger partial charge < -0.3 is 5.43 Å². The van der Waals surface area contributed by atoms with Crippen LogP contribution >= 0.6 is 0 Å². The standard InChI is InChI=1S/C14H24N4/c1-2-18(14-6-4-3-5-7-14)11-13-10-12(17-15)8-9-16-13/h8-10,14H,2-7,11,15H2,1H3,(H,16,17). The van der Waals surface area contributed by atoms with Crippen molar-refractivity contribution in [3.63, 3.8) is 0 Å². The third-order valence-corrected chi connectivity index (χ3v) is 3.85. The number of nitrogens with zero attached hydrogens (tertiary/aromatic N) is 2. The molecule has 3 N–H and O–H groups in total. The lowest BCUT2D eigenvalue weighted by atomic mass is 9.94. The van der Waals surface area contributed by atoms with Crippen LogP contribution in [0.5, 0.6) is 0 Å². The fourth-order valence-electron chi connectivity index (χ4n) is 2.81. The van der Waals surface area contributed by atoms with Crippen molar-refractivity contribution in [1.82, 2.24) is 9.88 Å². The van der Waals surface area contributed by atoms with E-state index in [-0.39, 0.29) is 0 Å². The van der Waals surface area contributed by atoms with Crippen molar-refractivity contribution < 1.29 is 0 Å². The van der Waals surface area contributed by atoms with Crippen LogP contribution in [0.2, 0.25) is 0 Å². The predicted molar refractivity (Wildman–Crippen MR) is 75.0 cm³/mol. The van der Waals surface area contributed by atoms with E-state index >= 15 is 0 Å². The van der Waals surface area contributed by atoms with Gasteiger partial charge in [0.1, 0.15) is 0 Å². The summed E-state index contributed by atoms with van der Waals surface area (Å²) in [5.41, 5.74) is 4.71. The van der Waals surface area contributed by atoms with Crippen molar-refractivity contribution >= 4 is 5.69 Å². The lowest BCUT2D eigenvalue weighted by Gasteiger charge is -2.33. The Kier molecular flexibility index (Phi) is 4.96. The van der Waals surface area contributed by atoms with Crippen LogP contribution in [0.1, 0.15) is 44.7 Å². The number of nitrogen functional groups attached to an aromatic ring is 1. The average molecular weight is 248 g/mol. The number of nitrogens with one attached hydrogen (secondary N) is 1. The minimum atomic E-state index is 0.736. The number of pyridine rings is 1. The molecule has 0 unspecified atom stereocenters. The second-order valence-electron chi connectivity index (χ2n) is 5.04. The molecule has 4 heteroatoms. The van der Waals surface area contributed by atoms with Gasteiger partial charge in [-0.3, -0.25) is 15.7 Å². The summed E-state index contributed by atoms with van der Waals surface area (Å²) in [5, 5.41) is 0. The first kappa shape index (κ1) is 13.3. The van der Waals surface area contributed by atoms with Gasteiger partial charge in [-0.2, -0.15) is 0 Å². The maximum atomic E-state index is 5.43. The van der Waals surface area contributed by atoms with E-state index < -0.39 is 0 Å². The highest BCUT2D eigenvalue weighted by Crippen LogP contribution is 2.23. The topological polar surface area (TPSA) is 54.2 Å². The number of hydrazine groups is 1. The Hall–Kier alpha value is -1.13. The molecule has 0 spiro atoms. The number of anilines is 1. The summed E-state index contributed by atoms with van der Waals surface area (Å²) in [7, 11) is 0. The summed E-state index contributed by atoms with van der Waals surface area (Å²) in [5.74, 6) is 5.43. The highest BCUT2D eigenvalue weighted by atomic mass is 15.2. The molecule has 100 valence electrons. The molecule has 0 bridgehead atoms. The molecule has 1 heterocycles. The average Bonchev–Trinajstić information content (AvgIpc) is 2.46. The first-order valence-electron chi connectivity index (χ1n) is 6.99. The van der Waals surface area contributed by atoms with E-state index in [2.05, 4.69) is 22.2 Å². The molecule has 1 fully saturated rings. The molecule has 0 aromatic carbocycles. The van der Waals surface area contributed by atoms with Gasteiger partial charge in [0.25, 0.3) is 0 Å². The molecule has 1 aromatic heterocycles. The molecule has 1 aliphatic carbocycles. The Morgan fingerprint density at radius 3 is 2.83 bits per heavy atom. The van der Waals surface area contributed by atoms with Gasteiger partial charge in [-0.1, -0.05) is 26.2 Å². The van der Waals surface area contributed by atoms with Crippen LogP contribution in [0.3, 0.4) is 0 Å². The molecule has 0 radical (unpaired) electrons. The quantitative estimate of drug-likeness (QED) is 0.621. The Balaban J connectivity index is 1.99. The van der Waals surface area contributed by atoms with Crippen LogP contribution in [-0.4, -0.2) is 22.5 Å². The summed E-state index contributed by atoms with van der Waals surface area (Å²) in [6, 6.07) is 4.66. The van der Waals surface area contributed by atoms with E-state index in [0.717, 1.165) is 30.5 Å². The third kappa shape index (κ3) is 3.43. The molecule has 1 aliphatic rings. The van der Waals surface area contributed by atoms with Gasteiger partial charge in [0.05, 0.1) is 11.4 Å². The molecule has 18 heavy (non-hydrogen) atoms. The lowest BCUT2D eigenvalue weighted by Crippen LogP contribution is -2.36. The van der Waals surface area contributed by atoms with Crippen molar-refractivity contribution in [2.24, 2.45) is 5.84 Å². The Morgan fingerprint density at radius 1 is 1.39 bits per heavy atom. The molecular weight excluding hydrogens is 224 g/mol. The fourth-order valence-corrected chi connectivity index (χ4v) is 2.81. The second kappa shape index (κ2) is 6.71. The zero-order valence-corrected chi connectivity index (χ0v) is 11.2. The van der Waals surface area contributed by atoms with Crippen LogP contribution < -0.4 is 11.3 Å². The molecule has 0 aliphatic heterocycles. The second-order valence-corrected chi connectivity index (χ2v) is 5.04. The molecule has 0 saturated heterocycles. The van der Waals surface area contributed by atoms with Gasteiger partial charge in [-0.15, -0.1) is 0 Å². The number of hydrogen-bond donors (Lipinski definition) is 2. The summed E-state index contributed by atoms with van der Waals surface area (Å²) in [4.78, 5) is 6.98. The van der Waals surface area contributed by atoms with E-state index in [1.54, 1.807) is 0 Å². The van der Waals surface area contributed by atoms with Crippen LogP contribution in [0.4, 0.5) is 5.69 Å². The lowest BCUT2D eigenvalue weighted by molar-refractivity contribution is 0.154. The number of rotatable bonds is 5. The van der Waals surface area contributed by atoms with E-state index in [0.29, 0.717) is 0 Å². The van der Waals surface area contributed by atoms with Gasteiger partial charge in [-0.25, -0.2) is 0 Å². The molecule has 0 atom stereocenters. The van der Waals surface area contributed by atoms with Gasteiger partial charge >= 0.3 is 0 Å². The maximum Gasteiger partial charge on any atom is 0.0565 e. The van der Waals surface area contributed by atoms with Gasteiger partial charge in [0.2, 0.25) is 0 Å². The molecular formula is C14H24N4. The first-order chi connectivity index (χ1) is 8.83. The molecule has 0 amide bonds. The van der Waals surface area contributed by atoms with Gasteiger partial charge in [0, 0.05) is 18.8 Å². The number of nitrogens with two attached hydrogens (primary N) is 1. The van der Waals surface area contributed by atoms with Crippen LogP contribution in [0.25, 0.3) is 0 Å². The number of hydrogen-bond acceptors (Lipinski definition) is 4. The Bertz CT molecular complexity index is 361. The van der Waals surface area contributed by atoms with Crippen molar-refractivity contribution in [3.8, 4) is 0 Å². The van der Waals surface area contributed by atoms with Crippen LogP contribution in [0.15, 0.2) is 18.3 Å². The van der Waals surface area contributed by atoms with Crippen molar-refractivity contribution in [3.05, 3.63) is 24.0 Å². The summed E-state index contributed by atoms with van der Waals surface area (Å²) < 4.78 is 0. The zero-order valence-electron chi connectivity index (χ0n) is 11.2. The SMILES string of the molecule is CCN(Cc1cc(NN)ccn1)C1CCCCC1. The van der Waals surface area contributed by atoms with E-state index in [9.17, 15) is 0 Å². The van der Waals surface area contributed by atoms with Gasteiger partial charge in [0.15, 0.2) is 0 Å². The maximum absolute atomic E-state index is 5.43. The molecule has 1 saturated carbocycles. The first-order valence-corrected chi connectivity index (χ1v) is 6.99. The van der Waals surface area contributed by atoms with Crippen molar-refractivity contribution in [2.75, 3.05) is 12.0 Å². The van der Waals surface area contributed by atoms with E-state index in [4.69, 9.17) is 5.84 Å². The predicted octanol–water partition coefficient (Wildman–Crippen LogP) is 2.52.